The van der Waals surface area contributed by atoms with E-state index in [9.17, 15) is 0 Å². The van der Waals surface area contributed by atoms with Crippen molar-refractivity contribution in [2.45, 2.75) is 6.54 Å². The second-order valence-corrected chi connectivity index (χ2v) is 5.69. The minimum atomic E-state index is 0.525. The normalized spacial score (nSPS) is 10.5. The second-order valence-electron chi connectivity index (χ2n) is 4.39. The summed E-state index contributed by atoms with van der Waals surface area (Å²) in [6.45, 7) is 0.644. The van der Waals surface area contributed by atoms with E-state index in [1.54, 1.807) is 17.1 Å². The molecule has 0 radical (unpaired) electrons. The maximum absolute atomic E-state index is 5.27. The number of pyridine rings is 1. The van der Waals surface area contributed by atoms with Crippen LogP contribution in [0.25, 0.3) is 11.4 Å². The van der Waals surface area contributed by atoms with E-state index in [0.29, 0.717) is 11.3 Å². The standard InChI is InChI=1S/C14H12BrN5S/c15-12-3-1-2-10(8-12)9-17-20-13(18-19-14(20)21)11-4-6-16-7-5-11/h1-8,17H,9H2,(H,19,21). The predicted octanol–water partition coefficient (Wildman–Crippen LogP) is 3.51. The number of rotatable bonds is 4. The highest BCUT2D eigenvalue weighted by Gasteiger charge is 2.08. The van der Waals surface area contributed by atoms with Gasteiger partial charge < -0.3 is 5.43 Å². The van der Waals surface area contributed by atoms with Gasteiger partial charge in [-0.2, -0.15) is 5.10 Å². The van der Waals surface area contributed by atoms with Gasteiger partial charge in [-0.3, -0.25) is 4.98 Å². The van der Waals surface area contributed by atoms with Crippen LogP contribution in [0.15, 0.2) is 53.3 Å². The molecule has 2 heterocycles. The highest BCUT2D eigenvalue weighted by atomic mass is 79.9. The van der Waals surface area contributed by atoms with Crippen molar-refractivity contribution in [3.05, 3.63) is 63.6 Å². The summed E-state index contributed by atoms with van der Waals surface area (Å²) in [5, 5.41) is 7.07. The minimum Gasteiger partial charge on any atom is -0.317 e. The van der Waals surface area contributed by atoms with E-state index in [1.165, 1.54) is 0 Å². The zero-order valence-electron chi connectivity index (χ0n) is 11.0. The van der Waals surface area contributed by atoms with Crippen LogP contribution in [0.3, 0.4) is 0 Å². The lowest BCUT2D eigenvalue weighted by atomic mass is 10.2. The van der Waals surface area contributed by atoms with Crippen molar-refractivity contribution >= 4 is 28.1 Å². The molecule has 106 valence electrons. The zero-order chi connectivity index (χ0) is 14.7. The SMILES string of the molecule is S=c1[nH]nc(-c2ccncc2)n1NCc1cccc(Br)c1. The van der Waals surface area contributed by atoms with Crippen LogP contribution < -0.4 is 5.43 Å². The first kappa shape index (κ1) is 14.0. The third kappa shape index (κ3) is 3.20. The van der Waals surface area contributed by atoms with Crippen molar-refractivity contribution in [2.24, 2.45) is 0 Å². The van der Waals surface area contributed by atoms with Crippen LogP contribution in [0.2, 0.25) is 0 Å². The van der Waals surface area contributed by atoms with E-state index < -0.39 is 0 Å². The predicted molar refractivity (Wildman–Crippen MR) is 87.8 cm³/mol. The van der Waals surface area contributed by atoms with Crippen molar-refractivity contribution in [2.75, 3.05) is 5.43 Å². The third-order valence-corrected chi connectivity index (χ3v) is 3.71. The Morgan fingerprint density at radius 3 is 2.81 bits per heavy atom. The molecule has 0 bridgehead atoms. The summed E-state index contributed by atoms with van der Waals surface area (Å²) >= 11 is 8.74. The van der Waals surface area contributed by atoms with Gasteiger partial charge in [-0.25, -0.2) is 9.77 Å². The van der Waals surface area contributed by atoms with Gasteiger partial charge in [-0.05, 0) is 42.0 Å². The van der Waals surface area contributed by atoms with Crippen LogP contribution in [0.4, 0.5) is 0 Å². The van der Waals surface area contributed by atoms with Gasteiger partial charge in [0.15, 0.2) is 5.82 Å². The van der Waals surface area contributed by atoms with E-state index in [0.717, 1.165) is 21.4 Å². The third-order valence-electron chi connectivity index (χ3n) is 2.94. The molecule has 3 rings (SSSR count). The second kappa shape index (κ2) is 6.19. The molecular formula is C14H12BrN5S. The van der Waals surface area contributed by atoms with Crippen LogP contribution in [-0.2, 0) is 6.54 Å². The molecule has 0 aliphatic carbocycles. The van der Waals surface area contributed by atoms with Gasteiger partial charge in [-0.15, -0.1) is 0 Å². The van der Waals surface area contributed by atoms with Crippen LogP contribution in [0.5, 0.6) is 0 Å². The van der Waals surface area contributed by atoms with Gasteiger partial charge in [0.1, 0.15) is 0 Å². The van der Waals surface area contributed by atoms with Crippen molar-refractivity contribution in [1.29, 1.82) is 0 Å². The first-order valence-electron chi connectivity index (χ1n) is 6.30. The van der Waals surface area contributed by atoms with E-state index in [2.05, 4.69) is 42.6 Å². The Labute approximate surface area is 135 Å². The van der Waals surface area contributed by atoms with Crippen LogP contribution in [-0.4, -0.2) is 19.9 Å². The highest BCUT2D eigenvalue weighted by Crippen LogP contribution is 2.16. The number of aromatic nitrogens is 4. The summed E-state index contributed by atoms with van der Waals surface area (Å²) in [7, 11) is 0. The Morgan fingerprint density at radius 2 is 2.05 bits per heavy atom. The van der Waals surface area contributed by atoms with Gasteiger partial charge in [0.05, 0.1) is 6.54 Å². The molecule has 0 unspecified atom stereocenters. The molecule has 0 saturated carbocycles. The van der Waals surface area contributed by atoms with Crippen molar-refractivity contribution < 1.29 is 0 Å². The number of halogens is 1. The Kier molecular flexibility index (Phi) is 4.12. The first-order valence-corrected chi connectivity index (χ1v) is 7.50. The molecule has 0 aliphatic heterocycles. The van der Waals surface area contributed by atoms with Crippen molar-refractivity contribution in [3.63, 3.8) is 0 Å². The fraction of sp³-hybridized carbons (Fsp3) is 0.0714. The van der Waals surface area contributed by atoms with Crippen LogP contribution in [0, 0.1) is 4.77 Å². The summed E-state index contributed by atoms with van der Waals surface area (Å²) in [6.07, 6.45) is 3.46. The molecule has 1 aromatic carbocycles. The van der Waals surface area contributed by atoms with Gasteiger partial charge in [0.2, 0.25) is 4.77 Å². The lowest BCUT2D eigenvalue weighted by Crippen LogP contribution is -2.15. The first-order chi connectivity index (χ1) is 10.2. The Morgan fingerprint density at radius 1 is 1.24 bits per heavy atom. The molecule has 3 aromatic rings. The van der Waals surface area contributed by atoms with E-state index in [4.69, 9.17) is 12.2 Å². The number of nitrogens with one attached hydrogen (secondary N) is 2. The summed E-state index contributed by atoms with van der Waals surface area (Å²) < 4.78 is 3.34. The number of benzene rings is 1. The summed E-state index contributed by atoms with van der Waals surface area (Å²) in [6, 6.07) is 11.9. The van der Waals surface area contributed by atoms with Crippen LogP contribution in [0.1, 0.15) is 5.56 Å². The maximum atomic E-state index is 5.27. The molecule has 0 aliphatic rings. The molecular weight excluding hydrogens is 350 g/mol. The summed E-state index contributed by atoms with van der Waals surface area (Å²) in [4.78, 5) is 4.01. The Hall–Kier alpha value is -1.99. The molecule has 0 saturated heterocycles. The fourth-order valence-electron chi connectivity index (χ4n) is 1.96. The Balaban J connectivity index is 1.86. The molecule has 5 nitrogen and oxygen atoms in total. The molecule has 0 atom stereocenters. The molecule has 0 spiro atoms. The van der Waals surface area contributed by atoms with E-state index in [1.807, 2.05) is 30.3 Å². The number of hydrogen-bond donors (Lipinski definition) is 2. The average molecular weight is 362 g/mol. The number of H-pyrrole nitrogens is 1. The lowest BCUT2D eigenvalue weighted by molar-refractivity contribution is 0.831. The van der Waals surface area contributed by atoms with Crippen LogP contribution >= 0.6 is 28.1 Å². The maximum Gasteiger partial charge on any atom is 0.214 e. The quantitative estimate of drug-likeness (QED) is 0.698. The topological polar surface area (TPSA) is 58.5 Å². The van der Waals surface area contributed by atoms with Crippen molar-refractivity contribution in [1.82, 2.24) is 19.9 Å². The zero-order valence-corrected chi connectivity index (χ0v) is 13.4. The van der Waals surface area contributed by atoms with Crippen molar-refractivity contribution in [3.8, 4) is 11.4 Å². The number of aromatic amines is 1. The average Bonchev–Trinajstić information content (AvgIpc) is 2.87. The monoisotopic (exact) mass is 361 g/mol. The molecule has 0 amide bonds. The Bertz CT molecular complexity index is 796. The number of hydrogen-bond acceptors (Lipinski definition) is 4. The number of nitrogens with zero attached hydrogens (tertiary/aromatic N) is 3. The smallest absolute Gasteiger partial charge is 0.214 e. The molecule has 7 heteroatoms. The summed E-state index contributed by atoms with van der Waals surface area (Å²) in [5.74, 6) is 0.734. The van der Waals surface area contributed by atoms with E-state index >= 15 is 0 Å². The molecule has 2 N–H and O–H groups in total. The summed E-state index contributed by atoms with van der Waals surface area (Å²) in [5.41, 5.74) is 5.37. The van der Waals surface area contributed by atoms with Gasteiger partial charge in [0, 0.05) is 22.4 Å². The minimum absolute atomic E-state index is 0.525. The van der Waals surface area contributed by atoms with Gasteiger partial charge >= 0.3 is 0 Å². The molecule has 21 heavy (non-hydrogen) atoms. The van der Waals surface area contributed by atoms with Gasteiger partial charge in [0.25, 0.3) is 0 Å². The lowest BCUT2D eigenvalue weighted by Gasteiger charge is -2.10. The molecule has 0 fully saturated rings. The van der Waals surface area contributed by atoms with E-state index in [-0.39, 0.29) is 0 Å². The highest BCUT2D eigenvalue weighted by molar-refractivity contribution is 9.10. The van der Waals surface area contributed by atoms with Gasteiger partial charge in [-0.1, -0.05) is 28.1 Å². The fourth-order valence-corrected chi connectivity index (χ4v) is 2.60. The molecule has 2 aromatic heterocycles. The largest absolute Gasteiger partial charge is 0.317 e.